The zero-order valence-electron chi connectivity index (χ0n) is 16.9. The van der Waals surface area contributed by atoms with Crippen molar-refractivity contribution in [2.75, 3.05) is 0 Å². The molecule has 0 bridgehead atoms. The Bertz CT molecular complexity index is 1080. The first-order chi connectivity index (χ1) is 14.5. The van der Waals surface area contributed by atoms with Gasteiger partial charge in [0, 0.05) is 17.0 Å². The smallest absolute Gasteiger partial charge is 0.275 e. The van der Waals surface area contributed by atoms with Crippen molar-refractivity contribution in [2.24, 2.45) is 5.10 Å². The molecule has 0 saturated heterocycles. The Labute approximate surface area is 175 Å². The number of rotatable bonds is 8. The highest BCUT2D eigenvalue weighted by molar-refractivity contribution is 6.03. The van der Waals surface area contributed by atoms with Crippen molar-refractivity contribution in [3.05, 3.63) is 65.2 Å². The maximum atomic E-state index is 12.4. The number of fused-ring (bicyclic) bond motifs is 1. The van der Waals surface area contributed by atoms with Crippen molar-refractivity contribution in [1.29, 1.82) is 0 Å². The molecule has 0 radical (unpaired) electrons. The van der Waals surface area contributed by atoms with E-state index in [1.54, 1.807) is 24.3 Å². The molecule has 0 spiro atoms. The summed E-state index contributed by atoms with van der Waals surface area (Å²) >= 11 is 0. The molecule has 3 aromatic rings. The zero-order valence-corrected chi connectivity index (χ0v) is 16.9. The predicted molar refractivity (Wildman–Crippen MR) is 118 cm³/mol. The summed E-state index contributed by atoms with van der Waals surface area (Å²) in [4.78, 5) is 12.4. The van der Waals surface area contributed by atoms with E-state index in [1.165, 1.54) is 18.3 Å². The van der Waals surface area contributed by atoms with Crippen LogP contribution in [-0.2, 0) is 6.42 Å². The number of phenols is 3. The lowest BCUT2D eigenvalue weighted by atomic mass is 10.0. The van der Waals surface area contributed by atoms with Crippen LogP contribution in [0.15, 0.2) is 53.6 Å². The van der Waals surface area contributed by atoms with Gasteiger partial charge in [-0.15, -0.1) is 0 Å². The van der Waals surface area contributed by atoms with Crippen LogP contribution >= 0.6 is 0 Å². The van der Waals surface area contributed by atoms with E-state index in [-0.39, 0.29) is 22.8 Å². The maximum absolute atomic E-state index is 12.4. The summed E-state index contributed by atoms with van der Waals surface area (Å²) in [6.45, 7) is 2.14. The summed E-state index contributed by atoms with van der Waals surface area (Å²) in [5.41, 5.74) is 3.60. The van der Waals surface area contributed by atoms with E-state index < -0.39 is 5.91 Å². The number of phenolic OH excluding ortho intramolecular Hbond substituents is 3. The predicted octanol–water partition coefficient (Wildman–Crippen LogP) is 4.84. The van der Waals surface area contributed by atoms with Crippen molar-refractivity contribution in [3.63, 3.8) is 0 Å². The van der Waals surface area contributed by atoms with Crippen LogP contribution in [0, 0.1) is 0 Å². The number of nitrogens with one attached hydrogen (secondary N) is 1. The van der Waals surface area contributed by atoms with Crippen LogP contribution in [0.25, 0.3) is 10.8 Å². The Kier molecular flexibility index (Phi) is 6.91. The average Bonchev–Trinajstić information content (AvgIpc) is 2.74. The van der Waals surface area contributed by atoms with Crippen LogP contribution in [-0.4, -0.2) is 27.4 Å². The minimum atomic E-state index is -0.562. The standard InChI is InChI=1S/C24H26N2O4/c1-2-3-4-5-9-17-13-18(22(28)14-21(17)27)15-25-26-24(30)20-12-11-16-8-6-7-10-19(16)23(20)29/h6-8,10-15,27-29H,2-5,9H2,1H3,(H,26,30). The van der Waals surface area contributed by atoms with Gasteiger partial charge in [0.25, 0.3) is 5.91 Å². The first-order valence-electron chi connectivity index (χ1n) is 10.1. The topological polar surface area (TPSA) is 102 Å². The Balaban J connectivity index is 1.71. The second kappa shape index (κ2) is 9.78. The van der Waals surface area contributed by atoms with Gasteiger partial charge in [-0.1, -0.05) is 56.5 Å². The van der Waals surface area contributed by atoms with E-state index in [2.05, 4.69) is 17.5 Å². The summed E-state index contributed by atoms with van der Waals surface area (Å²) in [5, 5.41) is 35.8. The lowest BCUT2D eigenvalue weighted by Crippen LogP contribution is -2.17. The van der Waals surface area contributed by atoms with E-state index in [9.17, 15) is 20.1 Å². The van der Waals surface area contributed by atoms with Crippen molar-refractivity contribution >= 4 is 22.9 Å². The molecule has 0 aliphatic heterocycles. The van der Waals surface area contributed by atoms with E-state index in [0.717, 1.165) is 36.6 Å². The van der Waals surface area contributed by atoms with Crippen LogP contribution in [0.4, 0.5) is 0 Å². The molecule has 0 unspecified atom stereocenters. The van der Waals surface area contributed by atoms with Crippen LogP contribution in [0.3, 0.4) is 0 Å². The van der Waals surface area contributed by atoms with Crippen LogP contribution in [0.5, 0.6) is 17.2 Å². The SMILES string of the molecule is CCCCCCc1cc(C=NNC(=O)c2ccc3ccccc3c2O)c(O)cc1O. The molecule has 0 aromatic heterocycles. The van der Waals surface area contributed by atoms with Gasteiger partial charge in [0.05, 0.1) is 11.8 Å². The Morgan fingerprint density at radius 2 is 1.80 bits per heavy atom. The number of carbonyl (C=O) groups is 1. The molecule has 6 nitrogen and oxygen atoms in total. The van der Waals surface area contributed by atoms with Gasteiger partial charge in [0.2, 0.25) is 0 Å². The number of benzene rings is 3. The molecule has 4 N–H and O–H groups in total. The maximum Gasteiger partial charge on any atom is 0.275 e. The number of hydrogen-bond donors (Lipinski definition) is 4. The summed E-state index contributed by atoms with van der Waals surface area (Å²) in [6, 6.07) is 13.5. The molecule has 0 fully saturated rings. The summed E-state index contributed by atoms with van der Waals surface area (Å²) in [6.07, 6.45) is 6.31. The van der Waals surface area contributed by atoms with Gasteiger partial charge in [-0.05, 0) is 35.9 Å². The molecule has 1 amide bonds. The molecule has 0 atom stereocenters. The van der Waals surface area contributed by atoms with Crippen molar-refractivity contribution in [1.82, 2.24) is 5.43 Å². The zero-order chi connectivity index (χ0) is 21.5. The number of hydrazone groups is 1. The highest BCUT2D eigenvalue weighted by atomic mass is 16.3. The molecule has 0 aliphatic carbocycles. The summed E-state index contributed by atoms with van der Waals surface area (Å²) in [7, 11) is 0. The first kappa shape index (κ1) is 21.2. The summed E-state index contributed by atoms with van der Waals surface area (Å²) < 4.78 is 0. The van der Waals surface area contributed by atoms with Gasteiger partial charge < -0.3 is 15.3 Å². The molecule has 30 heavy (non-hydrogen) atoms. The number of aromatic hydroxyl groups is 3. The normalized spacial score (nSPS) is 11.2. The minimum absolute atomic E-state index is 0.0475. The van der Waals surface area contributed by atoms with E-state index >= 15 is 0 Å². The number of unbranched alkanes of at least 4 members (excludes halogenated alkanes) is 3. The fourth-order valence-corrected chi connectivity index (χ4v) is 3.35. The van der Waals surface area contributed by atoms with Crippen molar-refractivity contribution in [3.8, 4) is 17.2 Å². The molecule has 6 heteroatoms. The van der Waals surface area contributed by atoms with Crippen LogP contribution in [0.2, 0.25) is 0 Å². The second-order valence-corrected chi connectivity index (χ2v) is 7.23. The lowest BCUT2D eigenvalue weighted by molar-refractivity contribution is 0.0952. The van der Waals surface area contributed by atoms with Crippen LogP contribution in [0.1, 0.15) is 54.1 Å². The molecule has 3 rings (SSSR count). The third-order valence-electron chi connectivity index (χ3n) is 5.04. The highest BCUT2D eigenvalue weighted by Gasteiger charge is 2.13. The van der Waals surface area contributed by atoms with Gasteiger partial charge in [-0.25, -0.2) is 5.43 Å². The third kappa shape index (κ3) is 4.89. The highest BCUT2D eigenvalue weighted by Crippen LogP contribution is 2.29. The van der Waals surface area contributed by atoms with E-state index in [0.29, 0.717) is 17.4 Å². The fourth-order valence-electron chi connectivity index (χ4n) is 3.35. The summed E-state index contributed by atoms with van der Waals surface area (Å²) in [5.74, 6) is -0.752. The molecule has 3 aromatic carbocycles. The molecule has 0 saturated carbocycles. The first-order valence-corrected chi connectivity index (χ1v) is 10.1. The average molecular weight is 406 g/mol. The largest absolute Gasteiger partial charge is 0.508 e. The minimum Gasteiger partial charge on any atom is -0.508 e. The Morgan fingerprint density at radius 1 is 1.00 bits per heavy atom. The van der Waals surface area contributed by atoms with Gasteiger partial charge >= 0.3 is 0 Å². The molecular formula is C24H26N2O4. The van der Waals surface area contributed by atoms with Gasteiger partial charge in [-0.3, -0.25) is 4.79 Å². The van der Waals surface area contributed by atoms with Crippen molar-refractivity contribution < 1.29 is 20.1 Å². The second-order valence-electron chi connectivity index (χ2n) is 7.23. The molecule has 156 valence electrons. The number of nitrogens with zero attached hydrogens (tertiary/aromatic N) is 1. The number of amides is 1. The number of carbonyl (C=O) groups excluding carboxylic acids is 1. The van der Waals surface area contributed by atoms with Gasteiger partial charge in [0.15, 0.2) is 0 Å². The quantitative estimate of drug-likeness (QED) is 0.244. The van der Waals surface area contributed by atoms with Gasteiger partial charge in [-0.2, -0.15) is 5.10 Å². The van der Waals surface area contributed by atoms with E-state index in [4.69, 9.17) is 0 Å². The third-order valence-corrected chi connectivity index (χ3v) is 5.04. The van der Waals surface area contributed by atoms with Gasteiger partial charge in [0.1, 0.15) is 17.2 Å². The monoisotopic (exact) mass is 406 g/mol. The Hall–Kier alpha value is -3.54. The Morgan fingerprint density at radius 3 is 2.60 bits per heavy atom. The number of hydrogen-bond acceptors (Lipinski definition) is 5. The van der Waals surface area contributed by atoms with E-state index in [1.807, 2.05) is 12.1 Å². The molecule has 0 heterocycles. The number of aryl methyl sites for hydroxylation is 1. The molecule has 0 aliphatic rings. The fraction of sp³-hybridized carbons (Fsp3) is 0.250. The lowest BCUT2D eigenvalue weighted by Gasteiger charge is -2.08. The van der Waals surface area contributed by atoms with Crippen molar-refractivity contribution in [2.45, 2.75) is 39.0 Å². The molecular weight excluding hydrogens is 380 g/mol. The van der Waals surface area contributed by atoms with Crippen LogP contribution < -0.4 is 5.43 Å².